The van der Waals surface area contributed by atoms with Crippen LogP contribution in [0.25, 0.3) is 0 Å². The molecule has 1 unspecified atom stereocenters. The minimum atomic E-state index is -4.34. The van der Waals surface area contributed by atoms with E-state index in [4.69, 9.17) is 19.9 Å². The molecule has 6 nitrogen and oxygen atoms in total. The van der Waals surface area contributed by atoms with Gasteiger partial charge in [-0.05, 0) is 6.42 Å². The standard InChI is InChI=1S/C14H19F3N2O4S/c1-21-10-6-8(7-11(22-2)12(10)23-3)19-13(20)9(18)4-5-24-14(15,16)17/h6-7,9H,4-5,18H2,1-3H3,(H,19,20). The Balaban J connectivity index is 2.76. The predicted octanol–water partition coefficient (Wildman–Crippen LogP) is 2.62. The molecule has 1 atom stereocenters. The van der Waals surface area contributed by atoms with Gasteiger partial charge in [-0.15, -0.1) is 0 Å². The Morgan fingerprint density at radius 2 is 1.75 bits per heavy atom. The van der Waals surface area contributed by atoms with Gasteiger partial charge in [-0.1, -0.05) is 11.8 Å². The van der Waals surface area contributed by atoms with E-state index in [9.17, 15) is 18.0 Å². The van der Waals surface area contributed by atoms with Crippen LogP contribution >= 0.6 is 11.8 Å². The minimum Gasteiger partial charge on any atom is -0.493 e. The van der Waals surface area contributed by atoms with Crippen LogP contribution < -0.4 is 25.3 Å². The van der Waals surface area contributed by atoms with E-state index < -0.39 is 17.5 Å². The molecule has 1 aromatic rings. The van der Waals surface area contributed by atoms with Crippen LogP contribution in [0.2, 0.25) is 0 Å². The Bertz CT molecular complexity index is 544. The molecule has 0 bridgehead atoms. The number of nitrogens with two attached hydrogens (primary N) is 1. The number of amides is 1. The summed E-state index contributed by atoms with van der Waals surface area (Å²) >= 11 is -0.214. The lowest BCUT2D eigenvalue weighted by Crippen LogP contribution is -2.36. The Morgan fingerprint density at radius 3 is 2.17 bits per heavy atom. The largest absolute Gasteiger partial charge is 0.493 e. The molecule has 0 saturated heterocycles. The van der Waals surface area contributed by atoms with Crippen LogP contribution in [0.4, 0.5) is 18.9 Å². The third-order valence-electron chi connectivity index (χ3n) is 2.96. The summed E-state index contributed by atoms with van der Waals surface area (Å²) in [5.41, 5.74) is 1.60. The molecule has 3 N–H and O–H groups in total. The maximum atomic E-state index is 12.1. The molecule has 0 aromatic heterocycles. The number of halogens is 3. The molecule has 1 rings (SSSR count). The number of rotatable bonds is 8. The first-order valence-corrected chi connectivity index (χ1v) is 7.77. The van der Waals surface area contributed by atoms with Crippen molar-refractivity contribution >= 4 is 23.4 Å². The molecule has 1 amide bonds. The lowest BCUT2D eigenvalue weighted by atomic mass is 10.2. The van der Waals surface area contributed by atoms with Gasteiger partial charge in [-0.2, -0.15) is 13.2 Å². The molecule has 24 heavy (non-hydrogen) atoms. The second-order valence-corrected chi connectivity index (χ2v) is 5.75. The number of alkyl halides is 3. The average molecular weight is 368 g/mol. The number of anilines is 1. The number of benzene rings is 1. The number of carbonyl (C=O) groups excluding carboxylic acids is 1. The fourth-order valence-corrected chi connectivity index (χ4v) is 2.42. The first-order valence-electron chi connectivity index (χ1n) is 6.79. The third-order valence-corrected chi connectivity index (χ3v) is 3.73. The second-order valence-electron chi connectivity index (χ2n) is 4.59. The fourth-order valence-electron chi connectivity index (χ4n) is 1.82. The summed E-state index contributed by atoms with van der Waals surface area (Å²) in [6.45, 7) is 0. The van der Waals surface area contributed by atoms with Gasteiger partial charge < -0.3 is 25.3 Å². The van der Waals surface area contributed by atoms with Gasteiger partial charge in [0.2, 0.25) is 11.7 Å². The van der Waals surface area contributed by atoms with Crippen molar-refractivity contribution < 1.29 is 32.2 Å². The second kappa shape index (κ2) is 8.88. The number of carbonyl (C=O) groups is 1. The van der Waals surface area contributed by atoms with Crippen molar-refractivity contribution in [3.63, 3.8) is 0 Å². The average Bonchev–Trinajstić information content (AvgIpc) is 2.52. The van der Waals surface area contributed by atoms with Crippen LogP contribution in [0, 0.1) is 0 Å². The molecular formula is C14H19F3N2O4S. The Kier molecular flexibility index (Phi) is 7.49. The Labute approximate surface area is 141 Å². The van der Waals surface area contributed by atoms with Gasteiger partial charge in [-0.3, -0.25) is 4.79 Å². The molecule has 0 saturated carbocycles. The van der Waals surface area contributed by atoms with Crippen LogP contribution in [0.1, 0.15) is 6.42 Å². The Morgan fingerprint density at radius 1 is 1.21 bits per heavy atom. The van der Waals surface area contributed by atoms with Gasteiger partial charge >= 0.3 is 5.51 Å². The highest BCUT2D eigenvalue weighted by molar-refractivity contribution is 8.00. The summed E-state index contributed by atoms with van der Waals surface area (Å²) in [6, 6.07) is 1.92. The van der Waals surface area contributed by atoms with Gasteiger partial charge in [0.25, 0.3) is 0 Å². The highest BCUT2D eigenvalue weighted by Gasteiger charge is 2.28. The number of hydrogen-bond donors (Lipinski definition) is 2. The highest BCUT2D eigenvalue weighted by Crippen LogP contribution is 2.40. The van der Waals surface area contributed by atoms with E-state index in [1.807, 2.05) is 0 Å². The van der Waals surface area contributed by atoms with E-state index in [-0.39, 0.29) is 23.9 Å². The van der Waals surface area contributed by atoms with Crippen molar-refractivity contribution in [1.29, 1.82) is 0 Å². The van der Waals surface area contributed by atoms with Crippen molar-refractivity contribution in [3.8, 4) is 17.2 Å². The third kappa shape index (κ3) is 6.00. The van der Waals surface area contributed by atoms with Crippen LogP contribution in [-0.4, -0.2) is 44.5 Å². The normalized spacial score (nSPS) is 12.5. The predicted molar refractivity (Wildman–Crippen MR) is 85.8 cm³/mol. The van der Waals surface area contributed by atoms with E-state index in [2.05, 4.69) is 5.32 Å². The first-order chi connectivity index (χ1) is 11.2. The van der Waals surface area contributed by atoms with Crippen LogP contribution in [0.3, 0.4) is 0 Å². The molecular weight excluding hydrogens is 349 g/mol. The van der Waals surface area contributed by atoms with E-state index in [1.54, 1.807) is 0 Å². The molecule has 0 aliphatic heterocycles. The lowest BCUT2D eigenvalue weighted by Gasteiger charge is -2.16. The number of nitrogens with one attached hydrogen (secondary N) is 1. The summed E-state index contributed by atoms with van der Waals surface area (Å²) in [6.07, 6.45) is -0.111. The van der Waals surface area contributed by atoms with Crippen LogP contribution in [0.5, 0.6) is 17.2 Å². The smallest absolute Gasteiger partial charge is 0.441 e. The molecule has 0 aliphatic carbocycles. The van der Waals surface area contributed by atoms with Gasteiger partial charge in [0.05, 0.1) is 27.4 Å². The fraction of sp³-hybridized carbons (Fsp3) is 0.500. The summed E-state index contributed by atoms with van der Waals surface area (Å²) in [5.74, 6) is 0.102. The quantitative estimate of drug-likeness (QED) is 0.734. The monoisotopic (exact) mass is 368 g/mol. The van der Waals surface area contributed by atoms with Crippen molar-refractivity contribution in [3.05, 3.63) is 12.1 Å². The molecule has 0 fully saturated rings. The Hall–Kier alpha value is -1.81. The van der Waals surface area contributed by atoms with E-state index in [1.165, 1.54) is 33.5 Å². The van der Waals surface area contributed by atoms with Crippen LogP contribution in [-0.2, 0) is 4.79 Å². The number of hydrogen-bond acceptors (Lipinski definition) is 6. The maximum absolute atomic E-state index is 12.1. The zero-order valence-electron chi connectivity index (χ0n) is 13.4. The van der Waals surface area contributed by atoms with Gasteiger partial charge in [0, 0.05) is 23.6 Å². The number of methoxy groups -OCH3 is 3. The summed E-state index contributed by atoms with van der Waals surface area (Å²) < 4.78 is 51.7. The van der Waals surface area contributed by atoms with Crippen molar-refractivity contribution in [2.75, 3.05) is 32.4 Å². The van der Waals surface area contributed by atoms with Crippen molar-refractivity contribution in [1.82, 2.24) is 0 Å². The van der Waals surface area contributed by atoms with Crippen LogP contribution in [0.15, 0.2) is 12.1 Å². The van der Waals surface area contributed by atoms with E-state index >= 15 is 0 Å². The minimum absolute atomic E-state index is 0.111. The lowest BCUT2D eigenvalue weighted by molar-refractivity contribution is -0.117. The summed E-state index contributed by atoms with van der Waals surface area (Å²) in [5, 5.41) is 2.52. The molecule has 0 radical (unpaired) electrons. The first kappa shape index (κ1) is 20.2. The van der Waals surface area contributed by atoms with Gasteiger partial charge in [0.15, 0.2) is 11.5 Å². The highest BCUT2D eigenvalue weighted by atomic mass is 32.2. The number of ether oxygens (including phenoxy) is 3. The topological polar surface area (TPSA) is 82.8 Å². The SMILES string of the molecule is COc1cc(NC(=O)C(N)CCSC(F)(F)F)cc(OC)c1OC. The summed E-state index contributed by atoms with van der Waals surface area (Å²) in [7, 11) is 4.28. The van der Waals surface area contributed by atoms with Crippen molar-refractivity contribution in [2.45, 2.75) is 18.0 Å². The molecule has 1 aromatic carbocycles. The molecule has 0 spiro atoms. The molecule has 136 valence electrons. The zero-order chi connectivity index (χ0) is 18.3. The van der Waals surface area contributed by atoms with E-state index in [0.717, 1.165) is 0 Å². The molecule has 0 heterocycles. The van der Waals surface area contributed by atoms with Crippen molar-refractivity contribution in [2.24, 2.45) is 5.73 Å². The summed E-state index contributed by atoms with van der Waals surface area (Å²) in [4.78, 5) is 12.0. The van der Waals surface area contributed by atoms with E-state index in [0.29, 0.717) is 22.9 Å². The maximum Gasteiger partial charge on any atom is 0.441 e. The van der Waals surface area contributed by atoms with Gasteiger partial charge in [0.1, 0.15) is 0 Å². The number of thioether (sulfide) groups is 1. The van der Waals surface area contributed by atoms with Gasteiger partial charge in [-0.25, -0.2) is 0 Å². The molecule has 0 aliphatic rings. The zero-order valence-corrected chi connectivity index (χ0v) is 14.2. The molecule has 10 heteroatoms.